The third-order valence-corrected chi connectivity index (χ3v) is 3.39. The Balaban J connectivity index is 2.09. The number of aromatic nitrogens is 1. The number of carboxylic acids is 1. The van der Waals surface area contributed by atoms with Crippen LogP contribution in [0.25, 0.3) is 0 Å². The number of rotatable bonds is 4. The molecule has 8 heteroatoms. The Morgan fingerprint density at radius 2 is 1.86 bits per heavy atom. The van der Waals surface area contributed by atoms with E-state index in [1.165, 1.54) is 24.4 Å². The highest BCUT2D eigenvalue weighted by Crippen LogP contribution is 2.28. The first kappa shape index (κ1) is 15.6. The van der Waals surface area contributed by atoms with Gasteiger partial charge in [-0.25, -0.2) is 9.78 Å². The van der Waals surface area contributed by atoms with Crippen molar-refractivity contribution in [2.45, 2.75) is 0 Å². The molecule has 0 saturated heterocycles. The monoisotopic (exact) mass is 343 g/mol. The van der Waals surface area contributed by atoms with Gasteiger partial charge in [0.05, 0.1) is 21.8 Å². The van der Waals surface area contributed by atoms with E-state index >= 15 is 0 Å². The van der Waals surface area contributed by atoms with Crippen LogP contribution in [0.1, 0.15) is 15.9 Å². The average molecular weight is 345 g/mol. The zero-order valence-electron chi connectivity index (χ0n) is 10.3. The van der Waals surface area contributed by atoms with Crippen molar-refractivity contribution in [3.05, 3.63) is 56.7 Å². The molecule has 108 valence electrons. The summed E-state index contributed by atoms with van der Waals surface area (Å²) in [6.45, 7) is 0. The predicted octanol–water partition coefficient (Wildman–Crippen LogP) is 4.19. The van der Waals surface area contributed by atoms with Crippen molar-refractivity contribution in [3.63, 3.8) is 0 Å². The second-order valence-electron chi connectivity index (χ2n) is 3.89. The zero-order chi connectivity index (χ0) is 15.4. The van der Waals surface area contributed by atoms with E-state index in [0.29, 0.717) is 5.56 Å². The van der Waals surface area contributed by atoms with E-state index in [1.807, 2.05) is 0 Å². The first-order valence-corrected chi connectivity index (χ1v) is 6.74. The number of anilines is 1. The molecule has 2 rings (SSSR count). The molecule has 0 unspecified atom stereocenters. The number of pyridine rings is 1. The molecule has 21 heavy (non-hydrogen) atoms. The number of carbonyl (C=O) groups is 1. The molecule has 0 saturated carbocycles. The molecule has 2 N–H and O–H groups in total. The Bertz CT molecular complexity index is 703. The highest BCUT2D eigenvalue weighted by atomic mass is 35.5. The van der Waals surface area contributed by atoms with Crippen LogP contribution in [0.4, 0.5) is 5.82 Å². The minimum atomic E-state index is -0.983. The molecule has 0 aliphatic carbocycles. The Hall–Kier alpha value is -1.82. The third kappa shape index (κ3) is 4.07. The van der Waals surface area contributed by atoms with Gasteiger partial charge in [-0.3, -0.25) is 5.43 Å². The van der Waals surface area contributed by atoms with Crippen LogP contribution < -0.4 is 5.43 Å². The van der Waals surface area contributed by atoms with E-state index in [0.717, 1.165) is 0 Å². The standard InChI is InChI=1S/C13H8Cl3N3O2/c14-9-5-10(15)12(18-11(9)16)19-17-6-7-1-3-8(4-2-7)13(20)21/h1-6H,(H,18,19)(H,20,21). The lowest BCUT2D eigenvalue weighted by Gasteiger charge is -2.04. The summed E-state index contributed by atoms with van der Waals surface area (Å²) < 4.78 is 0. The van der Waals surface area contributed by atoms with Gasteiger partial charge < -0.3 is 5.11 Å². The van der Waals surface area contributed by atoms with Crippen LogP contribution in [0.15, 0.2) is 35.4 Å². The van der Waals surface area contributed by atoms with Gasteiger partial charge in [0.25, 0.3) is 0 Å². The fraction of sp³-hybridized carbons (Fsp3) is 0. The third-order valence-electron chi connectivity index (χ3n) is 2.43. The SMILES string of the molecule is O=C(O)c1ccc(C=NNc2nc(Cl)c(Cl)cc2Cl)cc1. The maximum absolute atomic E-state index is 10.7. The maximum Gasteiger partial charge on any atom is 0.335 e. The van der Waals surface area contributed by atoms with E-state index < -0.39 is 5.97 Å². The molecule has 0 radical (unpaired) electrons. The van der Waals surface area contributed by atoms with Crippen LogP contribution in [-0.2, 0) is 0 Å². The molecular formula is C13H8Cl3N3O2. The van der Waals surface area contributed by atoms with Gasteiger partial charge in [-0.15, -0.1) is 0 Å². The Labute approximate surface area is 135 Å². The Morgan fingerprint density at radius 3 is 2.48 bits per heavy atom. The van der Waals surface area contributed by atoms with E-state index in [2.05, 4.69) is 15.5 Å². The number of hydrogen-bond donors (Lipinski definition) is 2. The summed E-state index contributed by atoms with van der Waals surface area (Å²) in [7, 11) is 0. The normalized spacial score (nSPS) is 10.8. The number of benzene rings is 1. The van der Waals surface area contributed by atoms with Crippen LogP contribution in [-0.4, -0.2) is 22.3 Å². The van der Waals surface area contributed by atoms with Gasteiger partial charge >= 0.3 is 5.97 Å². The maximum atomic E-state index is 10.7. The number of aromatic carboxylic acids is 1. The fourth-order valence-electron chi connectivity index (χ4n) is 1.40. The number of hydrogen-bond acceptors (Lipinski definition) is 4. The second kappa shape index (κ2) is 6.76. The van der Waals surface area contributed by atoms with Crippen molar-refractivity contribution in [2.24, 2.45) is 5.10 Å². The molecule has 0 aliphatic rings. The minimum absolute atomic E-state index is 0.115. The lowest BCUT2D eigenvalue weighted by atomic mass is 10.1. The molecule has 1 heterocycles. The van der Waals surface area contributed by atoms with Crippen molar-refractivity contribution in [1.29, 1.82) is 0 Å². The summed E-state index contributed by atoms with van der Waals surface area (Å²) in [5.41, 5.74) is 3.55. The van der Waals surface area contributed by atoms with Crippen molar-refractivity contribution >= 4 is 52.8 Å². The highest BCUT2D eigenvalue weighted by molar-refractivity contribution is 6.42. The lowest BCUT2D eigenvalue weighted by molar-refractivity contribution is 0.0697. The molecule has 1 aromatic heterocycles. The molecular weight excluding hydrogens is 337 g/mol. The number of halogens is 3. The average Bonchev–Trinajstić information content (AvgIpc) is 2.45. The molecule has 0 bridgehead atoms. The van der Waals surface area contributed by atoms with Crippen molar-refractivity contribution < 1.29 is 9.90 Å². The van der Waals surface area contributed by atoms with Gasteiger partial charge in [-0.1, -0.05) is 46.9 Å². The van der Waals surface area contributed by atoms with Crippen molar-refractivity contribution in [3.8, 4) is 0 Å². The van der Waals surface area contributed by atoms with Gasteiger partial charge in [-0.2, -0.15) is 5.10 Å². The number of nitrogens with zero attached hydrogens (tertiary/aromatic N) is 2. The topological polar surface area (TPSA) is 74.6 Å². The van der Waals surface area contributed by atoms with Gasteiger partial charge in [-0.05, 0) is 23.8 Å². The molecule has 5 nitrogen and oxygen atoms in total. The smallest absolute Gasteiger partial charge is 0.335 e. The van der Waals surface area contributed by atoms with Gasteiger partial charge in [0.15, 0.2) is 5.82 Å². The summed E-state index contributed by atoms with van der Waals surface area (Å²) in [5.74, 6) is -0.715. The van der Waals surface area contributed by atoms with Crippen LogP contribution in [0, 0.1) is 0 Å². The minimum Gasteiger partial charge on any atom is -0.478 e. The first-order chi connectivity index (χ1) is 9.97. The van der Waals surface area contributed by atoms with Crippen molar-refractivity contribution in [2.75, 3.05) is 5.43 Å². The lowest BCUT2D eigenvalue weighted by Crippen LogP contribution is -1.97. The molecule has 0 fully saturated rings. The van der Waals surface area contributed by atoms with Gasteiger partial charge in [0.2, 0.25) is 0 Å². The summed E-state index contributed by atoms with van der Waals surface area (Å²) in [5, 5.41) is 13.4. The fourth-order valence-corrected chi connectivity index (χ4v) is 1.94. The summed E-state index contributed by atoms with van der Waals surface area (Å²) in [6.07, 6.45) is 1.49. The summed E-state index contributed by atoms with van der Waals surface area (Å²) in [6, 6.07) is 7.66. The molecule has 0 amide bonds. The molecule has 0 spiro atoms. The van der Waals surface area contributed by atoms with Gasteiger partial charge in [0, 0.05) is 0 Å². The molecule has 0 aliphatic heterocycles. The zero-order valence-corrected chi connectivity index (χ0v) is 12.6. The number of nitrogens with one attached hydrogen (secondary N) is 1. The van der Waals surface area contributed by atoms with E-state index in [9.17, 15) is 4.79 Å². The van der Waals surface area contributed by atoms with E-state index in [1.54, 1.807) is 12.1 Å². The van der Waals surface area contributed by atoms with Crippen LogP contribution in [0.5, 0.6) is 0 Å². The van der Waals surface area contributed by atoms with E-state index in [4.69, 9.17) is 39.9 Å². The molecule has 1 aromatic carbocycles. The predicted molar refractivity (Wildman–Crippen MR) is 83.9 cm³/mol. The van der Waals surface area contributed by atoms with Crippen LogP contribution in [0.2, 0.25) is 15.2 Å². The first-order valence-electron chi connectivity index (χ1n) is 5.61. The van der Waals surface area contributed by atoms with Crippen LogP contribution >= 0.6 is 34.8 Å². The molecule has 2 aromatic rings. The van der Waals surface area contributed by atoms with Gasteiger partial charge in [0.1, 0.15) is 5.15 Å². The van der Waals surface area contributed by atoms with Crippen molar-refractivity contribution in [1.82, 2.24) is 4.98 Å². The Morgan fingerprint density at radius 1 is 1.19 bits per heavy atom. The second-order valence-corrected chi connectivity index (χ2v) is 5.06. The number of carboxylic acid groups (broad SMARTS) is 1. The number of hydrazone groups is 1. The van der Waals surface area contributed by atoms with E-state index in [-0.39, 0.29) is 26.6 Å². The Kier molecular flexibility index (Phi) is 5.01. The summed E-state index contributed by atoms with van der Waals surface area (Å²) in [4.78, 5) is 14.7. The molecule has 0 atom stereocenters. The largest absolute Gasteiger partial charge is 0.478 e. The highest BCUT2D eigenvalue weighted by Gasteiger charge is 2.06. The van der Waals surface area contributed by atoms with Crippen LogP contribution in [0.3, 0.4) is 0 Å². The summed E-state index contributed by atoms with van der Waals surface area (Å²) >= 11 is 17.5. The quantitative estimate of drug-likeness (QED) is 0.495.